The van der Waals surface area contributed by atoms with Crippen LogP contribution in [0.2, 0.25) is 0 Å². The first kappa shape index (κ1) is 18.1. The Bertz CT molecular complexity index is 830. The van der Waals surface area contributed by atoms with Crippen LogP contribution in [0, 0.1) is 0 Å². The third-order valence-corrected chi connectivity index (χ3v) is 6.55. The van der Waals surface area contributed by atoms with Gasteiger partial charge in [0.1, 0.15) is 16.5 Å². The van der Waals surface area contributed by atoms with Crippen LogP contribution in [-0.2, 0) is 16.4 Å². The van der Waals surface area contributed by atoms with Crippen LogP contribution in [0.15, 0.2) is 23.1 Å². The number of nitrogens with one attached hydrogen (secondary N) is 1. The Labute approximate surface area is 152 Å². The smallest absolute Gasteiger partial charge is 0.246 e. The molecule has 1 aromatic heterocycles. The Morgan fingerprint density at radius 1 is 1.28 bits per heavy atom. The Morgan fingerprint density at radius 2 is 2.04 bits per heavy atom. The lowest BCUT2D eigenvalue weighted by molar-refractivity contribution is 0.330. The summed E-state index contributed by atoms with van der Waals surface area (Å²) in [4.78, 5) is 4.55. The average Bonchev–Trinajstić information content (AvgIpc) is 3.28. The molecule has 0 atom stereocenters. The van der Waals surface area contributed by atoms with E-state index in [0.717, 1.165) is 25.1 Å². The monoisotopic (exact) mass is 382 g/mol. The van der Waals surface area contributed by atoms with Gasteiger partial charge in [-0.2, -0.15) is 8.68 Å². The minimum Gasteiger partial charge on any atom is -0.492 e. The van der Waals surface area contributed by atoms with Gasteiger partial charge >= 0.3 is 0 Å². The maximum Gasteiger partial charge on any atom is 0.246 e. The van der Waals surface area contributed by atoms with E-state index in [2.05, 4.69) is 14.7 Å². The molecule has 1 N–H and O–H groups in total. The Balaban J connectivity index is 1.94. The molecule has 0 aliphatic carbocycles. The van der Waals surface area contributed by atoms with E-state index in [-0.39, 0.29) is 4.90 Å². The molecule has 1 saturated heterocycles. The number of anilines is 2. The van der Waals surface area contributed by atoms with Crippen molar-refractivity contribution in [2.75, 3.05) is 25.0 Å². The fraction of sp³-hybridized carbons (Fsp3) is 0.500. The molecular formula is C16H22N4O3S2. The van der Waals surface area contributed by atoms with Crippen LogP contribution in [0.4, 0.5) is 10.8 Å². The number of sulfonamides is 1. The number of aromatic nitrogens is 2. The van der Waals surface area contributed by atoms with Gasteiger partial charge in [-0.15, -0.1) is 0 Å². The van der Waals surface area contributed by atoms with Gasteiger partial charge in [-0.25, -0.2) is 13.4 Å². The van der Waals surface area contributed by atoms with Gasteiger partial charge in [-0.3, -0.25) is 0 Å². The lowest BCUT2D eigenvalue weighted by Gasteiger charge is -2.19. The molecule has 1 fully saturated rings. The molecule has 1 aliphatic heterocycles. The first-order valence-electron chi connectivity index (χ1n) is 8.41. The first-order chi connectivity index (χ1) is 12.0. The van der Waals surface area contributed by atoms with Crippen molar-refractivity contribution in [3.63, 3.8) is 0 Å². The third kappa shape index (κ3) is 3.94. The van der Waals surface area contributed by atoms with Crippen LogP contribution in [0.25, 0.3) is 0 Å². The largest absolute Gasteiger partial charge is 0.492 e. The fourth-order valence-corrected chi connectivity index (χ4v) is 5.05. The highest BCUT2D eigenvalue weighted by Gasteiger charge is 2.30. The van der Waals surface area contributed by atoms with Crippen molar-refractivity contribution in [2.45, 2.75) is 38.0 Å². The minimum atomic E-state index is -3.57. The van der Waals surface area contributed by atoms with Crippen molar-refractivity contribution in [3.05, 3.63) is 24.0 Å². The maximum absolute atomic E-state index is 13.0. The SMILES string of the molecule is CCOc1ccc(Nc2nc(CC)ns2)cc1S(=O)(=O)N1CCCC1. The van der Waals surface area contributed by atoms with Crippen molar-refractivity contribution in [1.29, 1.82) is 0 Å². The molecule has 25 heavy (non-hydrogen) atoms. The van der Waals surface area contributed by atoms with Gasteiger partial charge in [0.05, 0.1) is 6.61 Å². The Hall–Kier alpha value is -1.71. The van der Waals surface area contributed by atoms with E-state index in [4.69, 9.17) is 4.74 Å². The molecule has 0 amide bonds. The molecule has 0 spiro atoms. The second-order valence-electron chi connectivity index (χ2n) is 5.70. The summed E-state index contributed by atoms with van der Waals surface area (Å²) in [5, 5.41) is 3.78. The van der Waals surface area contributed by atoms with Crippen molar-refractivity contribution in [2.24, 2.45) is 0 Å². The molecule has 2 aromatic rings. The van der Waals surface area contributed by atoms with Crippen LogP contribution in [-0.4, -0.2) is 41.8 Å². The van der Waals surface area contributed by atoms with E-state index < -0.39 is 10.0 Å². The van der Waals surface area contributed by atoms with E-state index >= 15 is 0 Å². The standard InChI is InChI=1S/C16H22N4O3S2/c1-3-15-18-16(24-19-15)17-12-7-8-13(23-4-2)14(11-12)25(21,22)20-9-5-6-10-20/h7-8,11H,3-6,9-10H2,1-2H3,(H,17,18,19). The summed E-state index contributed by atoms with van der Waals surface area (Å²) < 4.78 is 37.3. The summed E-state index contributed by atoms with van der Waals surface area (Å²) in [5.41, 5.74) is 0.653. The molecule has 1 aromatic carbocycles. The topological polar surface area (TPSA) is 84.4 Å². The molecule has 7 nitrogen and oxygen atoms in total. The summed E-state index contributed by atoms with van der Waals surface area (Å²) in [5.74, 6) is 1.15. The first-order valence-corrected chi connectivity index (χ1v) is 10.6. The van der Waals surface area contributed by atoms with Crippen LogP contribution in [0.3, 0.4) is 0 Å². The molecule has 3 rings (SSSR count). The van der Waals surface area contributed by atoms with Gasteiger partial charge in [0.15, 0.2) is 0 Å². The predicted octanol–water partition coefficient (Wildman–Crippen LogP) is 3.03. The highest BCUT2D eigenvalue weighted by atomic mass is 32.2. The van der Waals surface area contributed by atoms with Crippen molar-refractivity contribution in [3.8, 4) is 5.75 Å². The summed E-state index contributed by atoms with van der Waals surface area (Å²) >= 11 is 1.26. The van der Waals surface area contributed by atoms with E-state index in [0.29, 0.717) is 36.3 Å². The highest BCUT2D eigenvalue weighted by molar-refractivity contribution is 7.89. The normalized spacial score (nSPS) is 15.4. The summed E-state index contributed by atoms with van der Waals surface area (Å²) in [6.45, 7) is 5.35. The molecule has 2 heterocycles. The molecule has 0 bridgehead atoms. The molecule has 136 valence electrons. The summed E-state index contributed by atoms with van der Waals surface area (Å²) in [6.07, 6.45) is 2.55. The number of hydrogen-bond donors (Lipinski definition) is 1. The van der Waals surface area contributed by atoms with Gasteiger partial charge in [0, 0.05) is 36.7 Å². The maximum atomic E-state index is 13.0. The zero-order chi connectivity index (χ0) is 17.9. The number of ether oxygens (including phenoxy) is 1. The summed E-state index contributed by atoms with van der Waals surface area (Å²) in [7, 11) is -3.57. The lowest BCUT2D eigenvalue weighted by atomic mass is 10.3. The van der Waals surface area contributed by atoms with E-state index in [1.54, 1.807) is 18.2 Å². The van der Waals surface area contributed by atoms with Crippen molar-refractivity contribution < 1.29 is 13.2 Å². The highest BCUT2D eigenvalue weighted by Crippen LogP contribution is 2.32. The van der Waals surface area contributed by atoms with Gasteiger partial charge < -0.3 is 10.1 Å². The van der Waals surface area contributed by atoms with E-state index in [9.17, 15) is 8.42 Å². The van der Waals surface area contributed by atoms with Crippen LogP contribution in [0.1, 0.15) is 32.5 Å². The van der Waals surface area contributed by atoms with Gasteiger partial charge in [-0.05, 0) is 38.0 Å². The third-order valence-electron chi connectivity index (χ3n) is 3.96. The molecular weight excluding hydrogens is 360 g/mol. The zero-order valence-electron chi connectivity index (χ0n) is 14.4. The van der Waals surface area contributed by atoms with Gasteiger partial charge in [0.2, 0.25) is 15.2 Å². The number of hydrogen-bond acceptors (Lipinski definition) is 7. The van der Waals surface area contributed by atoms with Gasteiger partial charge in [0.25, 0.3) is 0 Å². The lowest BCUT2D eigenvalue weighted by Crippen LogP contribution is -2.28. The Kier molecular flexibility index (Phi) is 5.55. The Morgan fingerprint density at radius 3 is 2.68 bits per heavy atom. The molecule has 0 radical (unpaired) electrons. The predicted molar refractivity (Wildman–Crippen MR) is 98.2 cm³/mol. The number of aryl methyl sites for hydroxylation is 1. The molecule has 0 saturated carbocycles. The van der Waals surface area contributed by atoms with Crippen LogP contribution < -0.4 is 10.1 Å². The fourth-order valence-electron chi connectivity index (χ4n) is 2.70. The van der Waals surface area contributed by atoms with E-state index in [1.807, 2.05) is 13.8 Å². The number of nitrogens with zero attached hydrogens (tertiary/aromatic N) is 3. The van der Waals surface area contributed by atoms with Crippen molar-refractivity contribution >= 4 is 32.4 Å². The van der Waals surface area contributed by atoms with Crippen LogP contribution >= 0.6 is 11.5 Å². The second-order valence-corrected chi connectivity index (χ2v) is 8.36. The average molecular weight is 383 g/mol. The molecule has 9 heteroatoms. The quantitative estimate of drug-likeness (QED) is 0.792. The minimum absolute atomic E-state index is 0.196. The van der Waals surface area contributed by atoms with Gasteiger partial charge in [-0.1, -0.05) is 6.92 Å². The van der Waals surface area contributed by atoms with E-state index in [1.165, 1.54) is 15.8 Å². The summed E-state index contributed by atoms with van der Waals surface area (Å²) in [6, 6.07) is 5.10. The molecule has 0 unspecified atom stereocenters. The second kappa shape index (κ2) is 7.67. The number of rotatable bonds is 7. The number of benzene rings is 1. The molecule has 1 aliphatic rings. The zero-order valence-corrected chi connectivity index (χ0v) is 16.0. The van der Waals surface area contributed by atoms with Crippen molar-refractivity contribution in [1.82, 2.24) is 13.7 Å². The van der Waals surface area contributed by atoms with Crippen LogP contribution in [0.5, 0.6) is 5.75 Å².